The Morgan fingerprint density at radius 1 is 0.947 bits per heavy atom. The van der Waals surface area contributed by atoms with Gasteiger partial charge in [-0.2, -0.15) is 0 Å². The molecule has 0 spiro atoms. The third-order valence-corrected chi connectivity index (χ3v) is 1.91. The molecule has 3 nitrogen and oxygen atoms in total. The molecule has 0 bridgehead atoms. The van der Waals surface area contributed by atoms with Gasteiger partial charge >= 0.3 is 5.97 Å². The van der Waals surface area contributed by atoms with E-state index in [1.165, 1.54) is 7.11 Å². The van der Waals surface area contributed by atoms with E-state index in [0.717, 1.165) is 0 Å². The molecule has 0 saturated heterocycles. The maximum Gasteiger partial charge on any atom is 0.337 e. The lowest BCUT2D eigenvalue weighted by molar-refractivity contribution is 0.0600. The molecule has 1 aromatic rings. The molecular weight excluding hydrogens is 240 g/mol. The molecule has 0 heterocycles. The average molecular weight is 270 g/mol. The van der Waals surface area contributed by atoms with Gasteiger partial charge in [-0.15, -0.1) is 0 Å². The molecule has 0 unspecified atom stereocenters. The van der Waals surface area contributed by atoms with Crippen molar-refractivity contribution in [2.45, 2.75) is 55.4 Å². The van der Waals surface area contributed by atoms with Gasteiger partial charge in [-0.1, -0.05) is 41.5 Å². The first kappa shape index (κ1) is 22.7. The fourth-order valence-corrected chi connectivity index (χ4v) is 1.19. The maximum atomic E-state index is 11.1. The molecule has 112 valence electrons. The predicted molar refractivity (Wildman–Crippen MR) is 83.0 cm³/mol. The monoisotopic (exact) mass is 270 g/mol. The van der Waals surface area contributed by atoms with Gasteiger partial charge in [0, 0.05) is 0 Å². The predicted octanol–water partition coefficient (Wildman–Crippen LogP) is 4.87. The van der Waals surface area contributed by atoms with Crippen molar-refractivity contribution in [2.75, 3.05) is 7.11 Å². The van der Waals surface area contributed by atoms with E-state index in [2.05, 4.69) is 4.74 Å². The largest absolute Gasteiger partial charge is 0.507 e. The summed E-state index contributed by atoms with van der Waals surface area (Å²) in [5, 5.41) is 9.43. The summed E-state index contributed by atoms with van der Waals surface area (Å²) < 4.78 is 4.57. The zero-order valence-corrected chi connectivity index (χ0v) is 13.9. The Hall–Kier alpha value is -1.51. The minimum absolute atomic E-state index is 0.229. The summed E-state index contributed by atoms with van der Waals surface area (Å²) in [5.74, 6) is -0.154. The molecular formula is C16H30O3. The van der Waals surface area contributed by atoms with Crippen molar-refractivity contribution in [2.24, 2.45) is 0 Å². The van der Waals surface area contributed by atoms with Crippen LogP contribution in [0.5, 0.6) is 5.75 Å². The third-order valence-electron chi connectivity index (χ3n) is 1.91. The molecule has 0 radical (unpaired) electrons. The molecule has 0 saturated carbocycles. The Morgan fingerprint density at radius 2 is 1.26 bits per heavy atom. The highest BCUT2D eigenvalue weighted by molar-refractivity contribution is 5.90. The molecule has 0 aliphatic carbocycles. The molecule has 0 aliphatic rings. The minimum atomic E-state index is -0.383. The van der Waals surface area contributed by atoms with Gasteiger partial charge in [0.15, 0.2) is 0 Å². The number of methoxy groups -OCH3 is 1. The van der Waals surface area contributed by atoms with Crippen LogP contribution in [0.25, 0.3) is 0 Å². The normalized spacial score (nSPS) is 7.63. The first-order valence-electron chi connectivity index (χ1n) is 6.94. The van der Waals surface area contributed by atoms with Gasteiger partial charge in [-0.3, -0.25) is 0 Å². The zero-order chi connectivity index (χ0) is 16.0. The van der Waals surface area contributed by atoms with Gasteiger partial charge in [-0.05, 0) is 37.1 Å². The van der Waals surface area contributed by atoms with E-state index in [-0.39, 0.29) is 11.7 Å². The van der Waals surface area contributed by atoms with Gasteiger partial charge in [0.05, 0.1) is 12.7 Å². The molecule has 1 rings (SSSR count). The van der Waals surface area contributed by atoms with Crippen molar-refractivity contribution in [1.82, 2.24) is 0 Å². The standard InChI is InChI=1S/C10H12O3.3C2H6/c1-6-4-8(10(12)13-3)5-7(2)9(6)11;3*1-2/h4-5,11H,1-3H3;3*1-2H3. The van der Waals surface area contributed by atoms with Crippen LogP contribution in [0, 0.1) is 13.8 Å². The van der Waals surface area contributed by atoms with Crippen LogP contribution in [0.15, 0.2) is 12.1 Å². The summed E-state index contributed by atoms with van der Waals surface area (Å²) in [6.07, 6.45) is 0. The SMILES string of the molecule is CC.CC.CC.COC(=O)c1cc(C)c(O)c(C)c1. The van der Waals surface area contributed by atoms with E-state index >= 15 is 0 Å². The highest BCUT2D eigenvalue weighted by atomic mass is 16.5. The number of carbonyl (C=O) groups is 1. The Morgan fingerprint density at radius 3 is 1.53 bits per heavy atom. The second-order valence-corrected chi connectivity index (χ2v) is 2.95. The lowest BCUT2D eigenvalue weighted by Gasteiger charge is -2.05. The fourth-order valence-electron chi connectivity index (χ4n) is 1.19. The highest BCUT2D eigenvalue weighted by Crippen LogP contribution is 2.22. The van der Waals surface area contributed by atoms with E-state index in [9.17, 15) is 9.90 Å². The van der Waals surface area contributed by atoms with Gasteiger partial charge in [0.25, 0.3) is 0 Å². The van der Waals surface area contributed by atoms with Crippen LogP contribution >= 0.6 is 0 Å². The molecule has 0 fully saturated rings. The van der Waals surface area contributed by atoms with Crippen molar-refractivity contribution in [3.8, 4) is 5.75 Å². The maximum absolute atomic E-state index is 11.1. The Balaban J connectivity index is -0.000000375. The number of aromatic hydroxyl groups is 1. The highest BCUT2D eigenvalue weighted by Gasteiger charge is 2.09. The van der Waals surface area contributed by atoms with Crippen molar-refractivity contribution < 1.29 is 14.6 Å². The molecule has 19 heavy (non-hydrogen) atoms. The summed E-state index contributed by atoms with van der Waals surface area (Å²) in [6.45, 7) is 15.5. The van der Waals surface area contributed by atoms with Crippen molar-refractivity contribution in [3.63, 3.8) is 0 Å². The van der Waals surface area contributed by atoms with Crippen LogP contribution < -0.4 is 0 Å². The fraction of sp³-hybridized carbons (Fsp3) is 0.562. The number of aryl methyl sites for hydroxylation is 2. The molecule has 0 atom stereocenters. The minimum Gasteiger partial charge on any atom is -0.507 e. The smallest absolute Gasteiger partial charge is 0.337 e. The van der Waals surface area contributed by atoms with E-state index in [4.69, 9.17) is 0 Å². The van der Waals surface area contributed by atoms with E-state index in [0.29, 0.717) is 16.7 Å². The number of hydrogen-bond acceptors (Lipinski definition) is 3. The lowest BCUT2D eigenvalue weighted by Crippen LogP contribution is -2.02. The lowest BCUT2D eigenvalue weighted by atomic mass is 10.1. The molecule has 1 aromatic carbocycles. The Bertz CT molecular complexity index is 321. The third kappa shape index (κ3) is 8.25. The average Bonchev–Trinajstić information content (AvgIpc) is 2.49. The van der Waals surface area contributed by atoms with E-state index < -0.39 is 0 Å². The molecule has 1 N–H and O–H groups in total. The molecule has 0 aromatic heterocycles. The number of phenols is 1. The first-order valence-corrected chi connectivity index (χ1v) is 6.94. The number of carbonyl (C=O) groups excluding carboxylic acids is 1. The number of rotatable bonds is 1. The van der Waals surface area contributed by atoms with E-state index in [1.54, 1.807) is 26.0 Å². The second kappa shape index (κ2) is 14.6. The van der Waals surface area contributed by atoms with Crippen LogP contribution in [-0.4, -0.2) is 18.2 Å². The van der Waals surface area contributed by atoms with Crippen LogP contribution in [-0.2, 0) is 4.74 Å². The van der Waals surface area contributed by atoms with Gasteiger partial charge in [-0.25, -0.2) is 4.79 Å². The van der Waals surface area contributed by atoms with Gasteiger partial charge < -0.3 is 9.84 Å². The van der Waals surface area contributed by atoms with E-state index in [1.807, 2.05) is 41.5 Å². The first-order chi connectivity index (χ1) is 9.06. The summed E-state index contributed by atoms with van der Waals surface area (Å²) in [5.41, 5.74) is 1.83. The number of phenolic OH excluding ortho intramolecular Hbond substituents is 1. The quantitative estimate of drug-likeness (QED) is 0.740. The zero-order valence-electron chi connectivity index (χ0n) is 13.9. The second-order valence-electron chi connectivity index (χ2n) is 2.95. The van der Waals surface area contributed by atoms with Crippen LogP contribution in [0.2, 0.25) is 0 Å². The van der Waals surface area contributed by atoms with Crippen LogP contribution in [0.4, 0.5) is 0 Å². The number of benzene rings is 1. The topological polar surface area (TPSA) is 46.5 Å². The van der Waals surface area contributed by atoms with Crippen molar-refractivity contribution >= 4 is 5.97 Å². The summed E-state index contributed by atoms with van der Waals surface area (Å²) in [7, 11) is 1.33. The van der Waals surface area contributed by atoms with Crippen LogP contribution in [0.3, 0.4) is 0 Å². The molecule has 3 heteroatoms. The van der Waals surface area contributed by atoms with Crippen molar-refractivity contribution in [1.29, 1.82) is 0 Å². The number of hydrogen-bond donors (Lipinski definition) is 1. The van der Waals surface area contributed by atoms with Crippen LogP contribution in [0.1, 0.15) is 63.0 Å². The number of esters is 1. The molecule has 0 aliphatic heterocycles. The molecule has 0 amide bonds. The van der Waals surface area contributed by atoms with Gasteiger partial charge in [0.1, 0.15) is 5.75 Å². The van der Waals surface area contributed by atoms with Gasteiger partial charge in [0.2, 0.25) is 0 Å². The summed E-state index contributed by atoms with van der Waals surface area (Å²) in [4.78, 5) is 11.1. The summed E-state index contributed by atoms with van der Waals surface area (Å²) >= 11 is 0. The number of ether oxygens (including phenoxy) is 1. The summed E-state index contributed by atoms with van der Waals surface area (Å²) in [6, 6.07) is 3.21. The Labute approximate surface area is 118 Å². The Kier molecular flexibility index (Phi) is 17.3. The van der Waals surface area contributed by atoms with Crippen molar-refractivity contribution in [3.05, 3.63) is 28.8 Å².